The number of anilines is 1. The maximum atomic E-state index is 5.84. The Balaban J connectivity index is 2.03. The van der Waals surface area contributed by atoms with Crippen molar-refractivity contribution in [2.45, 2.75) is 6.92 Å². The van der Waals surface area contributed by atoms with E-state index in [1.54, 1.807) is 13.1 Å². The molecule has 0 bridgehead atoms. The molecular formula is C15H14N4O. The Labute approximate surface area is 116 Å². The normalized spacial score (nSPS) is 10.5. The van der Waals surface area contributed by atoms with Gasteiger partial charge < -0.3 is 10.1 Å². The summed E-state index contributed by atoms with van der Waals surface area (Å²) in [7, 11) is 1.80. The van der Waals surface area contributed by atoms with Gasteiger partial charge in [-0.2, -0.15) is 0 Å². The molecule has 5 nitrogen and oxygen atoms in total. The monoisotopic (exact) mass is 266 g/mol. The highest BCUT2D eigenvalue weighted by atomic mass is 16.5. The molecular weight excluding hydrogens is 252 g/mol. The van der Waals surface area contributed by atoms with E-state index < -0.39 is 0 Å². The molecule has 0 aliphatic carbocycles. The molecule has 0 saturated heterocycles. The summed E-state index contributed by atoms with van der Waals surface area (Å²) < 4.78 is 5.84. The first-order valence-corrected chi connectivity index (χ1v) is 6.30. The van der Waals surface area contributed by atoms with Crippen molar-refractivity contribution in [1.29, 1.82) is 0 Å². The Bertz CT molecular complexity index is 758. The first kappa shape index (κ1) is 12.3. The van der Waals surface area contributed by atoms with E-state index in [9.17, 15) is 0 Å². The molecule has 100 valence electrons. The minimum absolute atomic E-state index is 0.486. The third-order valence-corrected chi connectivity index (χ3v) is 2.94. The van der Waals surface area contributed by atoms with Crippen molar-refractivity contribution in [2.24, 2.45) is 0 Å². The molecule has 20 heavy (non-hydrogen) atoms. The first-order chi connectivity index (χ1) is 9.76. The van der Waals surface area contributed by atoms with Gasteiger partial charge in [-0.15, -0.1) is 0 Å². The highest BCUT2D eigenvalue weighted by molar-refractivity contribution is 5.84. The van der Waals surface area contributed by atoms with Crippen molar-refractivity contribution in [1.82, 2.24) is 15.0 Å². The molecule has 2 aromatic heterocycles. The number of hydrogen-bond donors (Lipinski definition) is 1. The Morgan fingerprint density at radius 3 is 2.85 bits per heavy atom. The molecule has 0 aliphatic rings. The molecule has 0 aliphatic heterocycles. The second-order valence-corrected chi connectivity index (χ2v) is 4.37. The molecule has 2 heterocycles. The van der Waals surface area contributed by atoms with E-state index in [1.807, 2.05) is 37.3 Å². The number of benzene rings is 1. The summed E-state index contributed by atoms with van der Waals surface area (Å²) in [4.78, 5) is 12.7. The van der Waals surface area contributed by atoms with Gasteiger partial charge >= 0.3 is 0 Å². The Kier molecular flexibility index (Phi) is 3.16. The van der Waals surface area contributed by atoms with Crippen LogP contribution >= 0.6 is 0 Å². The highest BCUT2D eigenvalue weighted by Crippen LogP contribution is 2.28. The third kappa shape index (κ3) is 2.38. The zero-order chi connectivity index (χ0) is 13.9. The minimum Gasteiger partial charge on any atom is -0.437 e. The lowest BCUT2D eigenvalue weighted by atomic mass is 10.2. The molecule has 0 fully saturated rings. The number of rotatable bonds is 3. The van der Waals surface area contributed by atoms with Crippen LogP contribution in [0.2, 0.25) is 0 Å². The summed E-state index contributed by atoms with van der Waals surface area (Å²) in [5.74, 6) is 1.88. The van der Waals surface area contributed by atoms with E-state index in [-0.39, 0.29) is 0 Å². The number of nitrogens with zero attached hydrogens (tertiary/aromatic N) is 3. The van der Waals surface area contributed by atoms with Gasteiger partial charge in [-0.25, -0.2) is 15.0 Å². The van der Waals surface area contributed by atoms with Gasteiger partial charge in [0.15, 0.2) is 5.75 Å². The zero-order valence-corrected chi connectivity index (χ0v) is 11.3. The quantitative estimate of drug-likeness (QED) is 0.789. The van der Waals surface area contributed by atoms with Crippen LogP contribution in [0.5, 0.6) is 11.6 Å². The van der Waals surface area contributed by atoms with Crippen LogP contribution in [0.4, 0.5) is 5.82 Å². The van der Waals surface area contributed by atoms with E-state index >= 15 is 0 Å². The van der Waals surface area contributed by atoms with Gasteiger partial charge in [-0.05, 0) is 19.1 Å². The molecule has 3 rings (SSSR count). The van der Waals surface area contributed by atoms with E-state index in [0.29, 0.717) is 17.4 Å². The number of ether oxygens (including phenoxy) is 1. The molecule has 0 spiro atoms. The predicted octanol–water partition coefficient (Wildman–Crippen LogP) is 3.17. The maximum absolute atomic E-state index is 5.84. The SMILES string of the molecule is CNc1cc(Oc2cccc3ccc(C)nc23)ncn1. The smallest absolute Gasteiger partial charge is 0.224 e. The van der Waals surface area contributed by atoms with Gasteiger partial charge in [-0.1, -0.05) is 18.2 Å². The number of fused-ring (bicyclic) bond motifs is 1. The van der Waals surface area contributed by atoms with Crippen LogP contribution in [0.25, 0.3) is 10.9 Å². The molecule has 0 saturated carbocycles. The number of aromatic nitrogens is 3. The van der Waals surface area contributed by atoms with E-state index in [4.69, 9.17) is 4.74 Å². The summed E-state index contributed by atoms with van der Waals surface area (Å²) in [6.45, 7) is 1.96. The van der Waals surface area contributed by atoms with Gasteiger partial charge in [0.1, 0.15) is 17.7 Å². The van der Waals surface area contributed by atoms with E-state index in [1.165, 1.54) is 6.33 Å². The first-order valence-electron chi connectivity index (χ1n) is 6.30. The standard InChI is InChI=1S/C15H14N4O/c1-10-6-7-11-4-3-5-12(15(11)19-10)20-14-8-13(16-2)17-9-18-14/h3-9H,1-2H3,(H,16,17,18). The lowest BCUT2D eigenvalue weighted by Gasteiger charge is -2.08. The van der Waals surface area contributed by atoms with Gasteiger partial charge in [0, 0.05) is 24.2 Å². The predicted molar refractivity (Wildman–Crippen MR) is 78.1 cm³/mol. The summed E-state index contributed by atoms with van der Waals surface area (Å²) in [5, 5.41) is 3.99. The molecule has 0 radical (unpaired) electrons. The van der Waals surface area contributed by atoms with Crippen molar-refractivity contribution < 1.29 is 4.74 Å². The van der Waals surface area contributed by atoms with E-state index in [0.717, 1.165) is 16.6 Å². The Hall–Kier alpha value is -2.69. The average Bonchev–Trinajstić information content (AvgIpc) is 2.48. The molecule has 0 amide bonds. The second-order valence-electron chi connectivity index (χ2n) is 4.37. The minimum atomic E-state index is 0.486. The fraction of sp³-hybridized carbons (Fsp3) is 0.133. The number of pyridine rings is 1. The second kappa shape index (κ2) is 5.13. The van der Waals surface area contributed by atoms with Crippen LogP contribution in [-0.4, -0.2) is 22.0 Å². The van der Waals surface area contributed by atoms with Crippen LogP contribution in [0, 0.1) is 6.92 Å². The van der Waals surface area contributed by atoms with Crippen LogP contribution in [0.15, 0.2) is 42.7 Å². The van der Waals surface area contributed by atoms with Crippen molar-refractivity contribution in [2.75, 3.05) is 12.4 Å². The van der Waals surface area contributed by atoms with Crippen molar-refractivity contribution in [3.63, 3.8) is 0 Å². The topological polar surface area (TPSA) is 59.9 Å². The number of aryl methyl sites for hydroxylation is 1. The lowest BCUT2D eigenvalue weighted by Crippen LogP contribution is -1.96. The molecule has 1 aromatic carbocycles. The third-order valence-electron chi connectivity index (χ3n) is 2.94. The van der Waals surface area contributed by atoms with E-state index in [2.05, 4.69) is 20.3 Å². The lowest BCUT2D eigenvalue weighted by molar-refractivity contribution is 0.466. The van der Waals surface area contributed by atoms with Crippen molar-refractivity contribution in [3.05, 3.63) is 48.4 Å². The molecule has 5 heteroatoms. The Morgan fingerprint density at radius 2 is 2.00 bits per heavy atom. The summed E-state index contributed by atoms with van der Waals surface area (Å²) in [6, 6.07) is 11.6. The van der Waals surface area contributed by atoms with Crippen LogP contribution < -0.4 is 10.1 Å². The average molecular weight is 266 g/mol. The summed E-state index contributed by atoms with van der Waals surface area (Å²) in [6.07, 6.45) is 1.46. The van der Waals surface area contributed by atoms with Crippen LogP contribution in [0.1, 0.15) is 5.69 Å². The van der Waals surface area contributed by atoms with Gasteiger partial charge in [-0.3, -0.25) is 0 Å². The van der Waals surface area contributed by atoms with Crippen LogP contribution in [-0.2, 0) is 0 Å². The highest BCUT2D eigenvalue weighted by Gasteiger charge is 2.06. The molecule has 3 aromatic rings. The number of para-hydroxylation sites is 1. The summed E-state index contributed by atoms with van der Waals surface area (Å²) in [5.41, 5.74) is 1.78. The zero-order valence-electron chi connectivity index (χ0n) is 11.3. The van der Waals surface area contributed by atoms with Gasteiger partial charge in [0.25, 0.3) is 0 Å². The molecule has 1 N–H and O–H groups in total. The maximum Gasteiger partial charge on any atom is 0.224 e. The largest absolute Gasteiger partial charge is 0.437 e. The van der Waals surface area contributed by atoms with Crippen LogP contribution in [0.3, 0.4) is 0 Å². The van der Waals surface area contributed by atoms with Gasteiger partial charge in [0.2, 0.25) is 5.88 Å². The van der Waals surface area contributed by atoms with Gasteiger partial charge in [0.05, 0.1) is 0 Å². The fourth-order valence-corrected chi connectivity index (χ4v) is 1.94. The van der Waals surface area contributed by atoms with Crippen molar-refractivity contribution in [3.8, 4) is 11.6 Å². The van der Waals surface area contributed by atoms with Crippen molar-refractivity contribution >= 4 is 16.7 Å². The summed E-state index contributed by atoms with van der Waals surface area (Å²) >= 11 is 0. The molecule has 0 unspecified atom stereocenters. The number of nitrogens with one attached hydrogen (secondary N) is 1. The Morgan fingerprint density at radius 1 is 1.10 bits per heavy atom. The number of hydrogen-bond acceptors (Lipinski definition) is 5. The fourth-order valence-electron chi connectivity index (χ4n) is 1.94. The molecule has 0 atom stereocenters.